The molecule has 2 aliphatic rings. The summed E-state index contributed by atoms with van der Waals surface area (Å²) in [6, 6.07) is 8.01. The van der Waals surface area contributed by atoms with E-state index in [2.05, 4.69) is 9.97 Å². The predicted molar refractivity (Wildman–Crippen MR) is 115 cm³/mol. The van der Waals surface area contributed by atoms with Crippen LogP contribution in [0.3, 0.4) is 0 Å². The summed E-state index contributed by atoms with van der Waals surface area (Å²) >= 11 is 0. The van der Waals surface area contributed by atoms with Crippen molar-refractivity contribution >= 4 is 11.7 Å². The van der Waals surface area contributed by atoms with E-state index in [1.54, 1.807) is 12.1 Å². The number of fused-ring (bicyclic) bond motifs is 1. The van der Waals surface area contributed by atoms with E-state index in [0.717, 1.165) is 12.1 Å². The van der Waals surface area contributed by atoms with Gasteiger partial charge in [-0.2, -0.15) is 13.2 Å². The van der Waals surface area contributed by atoms with Crippen molar-refractivity contribution in [2.45, 2.75) is 24.7 Å². The van der Waals surface area contributed by atoms with Gasteiger partial charge < -0.3 is 14.6 Å². The lowest BCUT2D eigenvalue weighted by atomic mass is 9.95. The summed E-state index contributed by atoms with van der Waals surface area (Å²) in [7, 11) is 0. The van der Waals surface area contributed by atoms with Gasteiger partial charge in [-0.1, -0.05) is 6.07 Å². The van der Waals surface area contributed by atoms with Crippen molar-refractivity contribution in [3.63, 3.8) is 0 Å². The van der Waals surface area contributed by atoms with Crippen molar-refractivity contribution < 1.29 is 36.9 Å². The Kier molecular flexibility index (Phi) is 5.68. The molecule has 1 amide bonds. The minimum absolute atomic E-state index is 0.0488. The van der Waals surface area contributed by atoms with Crippen LogP contribution in [-0.4, -0.2) is 47.0 Å². The molecule has 0 aliphatic carbocycles. The summed E-state index contributed by atoms with van der Waals surface area (Å²) in [6.07, 6.45) is -1.33. The normalized spacial score (nSPS) is 19.8. The highest BCUT2D eigenvalue weighted by Crippen LogP contribution is 2.38. The first-order valence-electron chi connectivity index (χ1n) is 10.7. The molecular formula is C24H19F4N3O4. The van der Waals surface area contributed by atoms with Gasteiger partial charge in [-0.3, -0.25) is 14.7 Å². The smallest absolute Gasteiger partial charge is 0.422 e. The van der Waals surface area contributed by atoms with Crippen LogP contribution in [0, 0.1) is 5.82 Å². The van der Waals surface area contributed by atoms with E-state index in [1.807, 2.05) is 0 Å². The summed E-state index contributed by atoms with van der Waals surface area (Å²) in [5.74, 6) is -1.14. The van der Waals surface area contributed by atoms with Crippen LogP contribution in [0.1, 0.15) is 27.9 Å². The number of carbonyl (C=O) groups is 1. The molecular weight excluding hydrogens is 470 g/mol. The number of alkyl halides is 3. The summed E-state index contributed by atoms with van der Waals surface area (Å²) in [5, 5.41) is 10.7. The van der Waals surface area contributed by atoms with Gasteiger partial charge in [0.15, 0.2) is 6.61 Å². The Morgan fingerprint density at radius 2 is 1.97 bits per heavy atom. The number of halogens is 4. The average Bonchev–Trinajstić information content (AvgIpc) is 3.42. The Bertz CT molecular complexity index is 1270. The van der Waals surface area contributed by atoms with Crippen LogP contribution in [-0.2, 0) is 16.9 Å². The van der Waals surface area contributed by atoms with Crippen molar-refractivity contribution in [1.29, 1.82) is 0 Å². The van der Waals surface area contributed by atoms with Gasteiger partial charge in [0, 0.05) is 53.7 Å². The number of aromatic nitrogens is 2. The van der Waals surface area contributed by atoms with Crippen LogP contribution in [0.4, 0.5) is 23.4 Å². The van der Waals surface area contributed by atoms with Gasteiger partial charge in [0.05, 0.1) is 18.8 Å². The number of rotatable bonds is 5. The number of pyridine rings is 2. The minimum atomic E-state index is -4.61. The third kappa shape index (κ3) is 4.44. The van der Waals surface area contributed by atoms with Crippen LogP contribution in [0.15, 0.2) is 48.8 Å². The standard InChI is InChI=1S/C24H19F4N3O4/c25-15-2-3-17(19(9-15)35-13-24(26,27)28)21-18-11-31(22(32)16(18)5-7-29-21)20-4-1-14(10-30-20)23(33)6-8-34-12-23/h1-5,7,9-10,33H,6,8,11-13H2/t23-/m0/s1. The molecule has 35 heavy (non-hydrogen) atoms. The molecule has 0 saturated carbocycles. The van der Waals surface area contributed by atoms with Gasteiger partial charge in [-0.25, -0.2) is 9.37 Å². The molecule has 182 valence electrons. The molecule has 11 heteroatoms. The summed E-state index contributed by atoms with van der Waals surface area (Å²) < 4.78 is 62.1. The second kappa shape index (κ2) is 8.58. The lowest BCUT2D eigenvalue weighted by molar-refractivity contribution is -0.153. The van der Waals surface area contributed by atoms with E-state index in [0.29, 0.717) is 35.5 Å². The van der Waals surface area contributed by atoms with Crippen molar-refractivity contribution in [3.8, 4) is 17.0 Å². The molecule has 1 saturated heterocycles. The van der Waals surface area contributed by atoms with Crippen LogP contribution in [0.5, 0.6) is 5.75 Å². The van der Waals surface area contributed by atoms with Crippen molar-refractivity contribution in [2.75, 3.05) is 24.7 Å². The number of hydrogen-bond acceptors (Lipinski definition) is 6. The zero-order valence-corrected chi connectivity index (χ0v) is 18.2. The number of amides is 1. The van der Waals surface area contributed by atoms with Gasteiger partial charge in [0.2, 0.25) is 0 Å². The maximum atomic E-state index is 13.8. The third-order valence-corrected chi connectivity index (χ3v) is 6.00. The molecule has 0 radical (unpaired) electrons. The first-order chi connectivity index (χ1) is 16.6. The van der Waals surface area contributed by atoms with E-state index in [1.165, 1.54) is 29.4 Å². The van der Waals surface area contributed by atoms with Gasteiger partial charge in [-0.15, -0.1) is 0 Å². The fourth-order valence-electron chi connectivity index (χ4n) is 4.22. The molecule has 0 spiro atoms. The number of benzene rings is 1. The highest BCUT2D eigenvalue weighted by molar-refractivity contribution is 6.10. The maximum Gasteiger partial charge on any atom is 0.422 e. The van der Waals surface area contributed by atoms with Gasteiger partial charge >= 0.3 is 6.18 Å². The topological polar surface area (TPSA) is 84.8 Å². The van der Waals surface area contributed by atoms with E-state index in [4.69, 9.17) is 9.47 Å². The van der Waals surface area contributed by atoms with Gasteiger partial charge in [-0.05, 0) is 24.3 Å². The molecule has 1 N–H and O–H groups in total. The Morgan fingerprint density at radius 1 is 1.14 bits per heavy atom. The quantitative estimate of drug-likeness (QED) is 0.546. The third-order valence-electron chi connectivity index (χ3n) is 6.00. The zero-order chi connectivity index (χ0) is 24.8. The molecule has 1 atom stereocenters. The Balaban J connectivity index is 1.46. The van der Waals surface area contributed by atoms with Crippen molar-refractivity contribution in [1.82, 2.24) is 9.97 Å². The molecule has 0 bridgehead atoms. The van der Waals surface area contributed by atoms with E-state index < -0.39 is 24.2 Å². The summed E-state index contributed by atoms with van der Waals surface area (Å²) in [6.45, 7) is -0.954. The fourth-order valence-corrected chi connectivity index (χ4v) is 4.22. The first-order valence-corrected chi connectivity index (χ1v) is 10.7. The highest BCUT2D eigenvalue weighted by atomic mass is 19.4. The molecule has 2 aromatic heterocycles. The molecule has 4 heterocycles. The van der Waals surface area contributed by atoms with Crippen LogP contribution < -0.4 is 9.64 Å². The second-order valence-corrected chi connectivity index (χ2v) is 8.36. The monoisotopic (exact) mass is 489 g/mol. The number of ether oxygens (including phenoxy) is 2. The number of anilines is 1. The second-order valence-electron chi connectivity index (χ2n) is 8.36. The van der Waals surface area contributed by atoms with Crippen LogP contribution >= 0.6 is 0 Å². The Labute approximate surface area is 196 Å². The predicted octanol–water partition coefficient (Wildman–Crippen LogP) is 3.99. The molecule has 1 aromatic carbocycles. The van der Waals surface area contributed by atoms with E-state index >= 15 is 0 Å². The largest absolute Gasteiger partial charge is 0.483 e. The lowest BCUT2D eigenvalue weighted by Crippen LogP contribution is -2.27. The number of nitrogens with zero attached hydrogens (tertiary/aromatic N) is 3. The van der Waals surface area contributed by atoms with Gasteiger partial charge in [0.1, 0.15) is 23.0 Å². The molecule has 3 aromatic rings. The fraction of sp³-hybridized carbons (Fsp3) is 0.292. The Hall–Kier alpha value is -3.57. The first kappa shape index (κ1) is 23.2. The summed E-state index contributed by atoms with van der Waals surface area (Å²) in [4.78, 5) is 23.1. The molecule has 0 unspecified atom stereocenters. The highest BCUT2D eigenvalue weighted by Gasteiger charge is 2.36. The molecule has 7 nitrogen and oxygen atoms in total. The van der Waals surface area contributed by atoms with E-state index in [-0.39, 0.29) is 36.1 Å². The van der Waals surface area contributed by atoms with Crippen molar-refractivity contribution in [3.05, 3.63) is 71.3 Å². The average molecular weight is 489 g/mol. The number of aliphatic hydroxyl groups is 1. The summed E-state index contributed by atoms with van der Waals surface area (Å²) in [5.41, 5.74) is 0.543. The van der Waals surface area contributed by atoms with Crippen LogP contribution in [0.2, 0.25) is 0 Å². The number of carbonyl (C=O) groups excluding carboxylic acids is 1. The molecule has 5 rings (SSSR count). The molecule has 2 aliphatic heterocycles. The Morgan fingerprint density at radius 3 is 2.66 bits per heavy atom. The SMILES string of the molecule is O=C1c2ccnc(-c3ccc(F)cc3OCC(F)(F)F)c2CN1c1ccc([C@]2(O)CCOC2)cn1. The van der Waals surface area contributed by atoms with Gasteiger partial charge in [0.25, 0.3) is 5.91 Å². The maximum absolute atomic E-state index is 13.8. The van der Waals surface area contributed by atoms with Crippen LogP contribution in [0.25, 0.3) is 11.3 Å². The zero-order valence-electron chi connectivity index (χ0n) is 18.2. The lowest BCUT2D eigenvalue weighted by Gasteiger charge is -2.21. The van der Waals surface area contributed by atoms with Crippen molar-refractivity contribution in [2.24, 2.45) is 0 Å². The minimum Gasteiger partial charge on any atom is -0.483 e. The number of hydrogen-bond donors (Lipinski definition) is 1. The van der Waals surface area contributed by atoms with E-state index in [9.17, 15) is 27.5 Å². The molecule has 1 fully saturated rings.